The van der Waals surface area contributed by atoms with Crippen molar-refractivity contribution in [2.24, 2.45) is 4.99 Å². The minimum absolute atomic E-state index is 0.0148. The summed E-state index contributed by atoms with van der Waals surface area (Å²) in [4.78, 5) is 15.5. The summed E-state index contributed by atoms with van der Waals surface area (Å²) in [6.07, 6.45) is 0. The fourth-order valence-electron chi connectivity index (χ4n) is 1.20. The van der Waals surface area contributed by atoms with Gasteiger partial charge in [0, 0.05) is 19.7 Å². The Morgan fingerprint density at radius 1 is 1.50 bits per heavy atom. The molecule has 0 aromatic heterocycles. The van der Waals surface area contributed by atoms with E-state index >= 15 is 0 Å². The molecular weight excluding hydrogens is 208 g/mol. The predicted molar refractivity (Wildman–Crippen MR) is 60.6 cm³/mol. The number of benzene rings is 1. The number of likely N-dealkylation sites (N-methyl/N-ethyl adjacent to an activating group) is 1. The van der Waals surface area contributed by atoms with Crippen molar-refractivity contribution in [1.29, 1.82) is 0 Å². The monoisotopic (exact) mass is 222 g/mol. The fraction of sp³-hybridized carbons (Fsp3) is 0.273. The van der Waals surface area contributed by atoms with Crippen molar-refractivity contribution in [3.8, 4) is 5.75 Å². The molecule has 0 spiro atoms. The molecule has 5 nitrogen and oxygen atoms in total. The lowest BCUT2D eigenvalue weighted by Crippen LogP contribution is -2.28. The number of aromatic hydroxyl groups is 1. The van der Waals surface area contributed by atoms with Crippen LogP contribution in [0, 0.1) is 0 Å². The summed E-state index contributed by atoms with van der Waals surface area (Å²) < 4.78 is 4.78. The van der Waals surface area contributed by atoms with Gasteiger partial charge in [0.05, 0.1) is 0 Å². The zero-order chi connectivity index (χ0) is 12.0. The number of carbonyl (C=O) groups is 1. The van der Waals surface area contributed by atoms with E-state index in [4.69, 9.17) is 4.74 Å². The van der Waals surface area contributed by atoms with Gasteiger partial charge in [-0.05, 0) is 12.1 Å². The van der Waals surface area contributed by atoms with Gasteiger partial charge in [-0.25, -0.2) is 0 Å². The molecule has 0 atom stereocenters. The molecule has 0 saturated carbocycles. The number of hydrogen-bond donors (Lipinski definition) is 2. The summed E-state index contributed by atoms with van der Waals surface area (Å²) in [7, 11) is 2.99. The summed E-state index contributed by atoms with van der Waals surface area (Å²) in [5, 5.41) is 12.1. The first kappa shape index (κ1) is 12.2. The van der Waals surface area contributed by atoms with Gasteiger partial charge in [-0.3, -0.25) is 9.79 Å². The van der Waals surface area contributed by atoms with Crippen LogP contribution in [0.3, 0.4) is 0 Å². The minimum Gasteiger partial charge on any atom is -0.507 e. The van der Waals surface area contributed by atoms with E-state index in [1.54, 1.807) is 18.2 Å². The van der Waals surface area contributed by atoms with E-state index < -0.39 is 0 Å². The third kappa shape index (κ3) is 2.80. The lowest BCUT2D eigenvalue weighted by atomic mass is 10.1. The highest BCUT2D eigenvalue weighted by atomic mass is 16.5. The highest BCUT2D eigenvalue weighted by Gasteiger charge is 2.15. The van der Waals surface area contributed by atoms with Crippen molar-refractivity contribution in [3.63, 3.8) is 0 Å². The molecule has 0 aliphatic carbocycles. The number of phenols is 1. The van der Waals surface area contributed by atoms with Crippen molar-refractivity contribution < 1.29 is 14.6 Å². The molecule has 0 saturated heterocycles. The molecule has 16 heavy (non-hydrogen) atoms. The Labute approximate surface area is 93.8 Å². The van der Waals surface area contributed by atoms with Crippen molar-refractivity contribution in [3.05, 3.63) is 29.8 Å². The van der Waals surface area contributed by atoms with E-state index in [2.05, 4.69) is 10.3 Å². The molecule has 0 aliphatic heterocycles. The van der Waals surface area contributed by atoms with Gasteiger partial charge in [0.15, 0.2) is 0 Å². The number of para-hydroxylation sites is 1. The predicted octanol–water partition coefficient (Wildman–Crippen LogP) is 0.531. The van der Waals surface area contributed by atoms with E-state index in [1.165, 1.54) is 20.2 Å². The minimum atomic E-state index is -0.362. The largest absolute Gasteiger partial charge is 0.507 e. The molecule has 1 aromatic rings. The SMILES string of the molecule is CNC(=O)/C(=N/COC)c1ccccc1O. The molecule has 5 heteroatoms. The Hall–Kier alpha value is -1.88. The number of methoxy groups -OCH3 is 1. The number of amides is 1. The Morgan fingerprint density at radius 2 is 2.19 bits per heavy atom. The Bertz CT molecular complexity index is 402. The van der Waals surface area contributed by atoms with Crippen LogP contribution in [0.5, 0.6) is 5.75 Å². The number of aliphatic imine (C=N–C) groups is 1. The molecule has 0 heterocycles. The number of hydrogen-bond acceptors (Lipinski definition) is 4. The standard InChI is InChI=1S/C11H14N2O3/c1-12-11(15)10(13-7-16-2)8-5-3-4-6-9(8)14/h3-6,14H,7H2,1-2H3,(H,12,15)/b13-10+. The van der Waals surface area contributed by atoms with Crippen LogP contribution >= 0.6 is 0 Å². The van der Waals surface area contributed by atoms with E-state index in [9.17, 15) is 9.90 Å². The third-order valence-corrected chi connectivity index (χ3v) is 1.95. The Morgan fingerprint density at radius 3 is 2.75 bits per heavy atom. The maximum atomic E-state index is 11.6. The molecule has 0 fully saturated rings. The van der Waals surface area contributed by atoms with Crippen LogP contribution < -0.4 is 5.32 Å². The van der Waals surface area contributed by atoms with Crippen LogP contribution in [-0.2, 0) is 9.53 Å². The summed E-state index contributed by atoms with van der Waals surface area (Å²) in [5.74, 6) is -0.348. The normalized spacial score (nSPS) is 11.2. The molecular formula is C11H14N2O3. The Kier molecular flexibility index (Phi) is 4.47. The number of nitrogens with zero attached hydrogens (tertiary/aromatic N) is 1. The molecule has 2 N–H and O–H groups in total. The summed E-state index contributed by atoms with van der Waals surface area (Å²) in [6.45, 7) is 0.0666. The van der Waals surface area contributed by atoms with Gasteiger partial charge in [-0.2, -0.15) is 0 Å². The van der Waals surface area contributed by atoms with Crippen LogP contribution in [0.4, 0.5) is 0 Å². The third-order valence-electron chi connectivity index (χ3n) is 1.95. The average molecular weight is 222 g/mol. The lowest BCUT2D eigenvalue weighted by Gasteiger charge is -2.07. The first-order valence-electron chi connectivity index (χ1n) is 4.74. The zero-order valence-electron chi connectivity index (χ0n) is 9.23. The maximum Gasteiger partial charge on any atom is 0.270 e. The molecule has 1 aromatic carbocycles. The highest BCUT2D eigenvalue weighted by Crippen LogP contribution is 2.16. The summed E-state index contributed by atoms with van der Waals surface area (Å²) in [5.41, 5.74) is 0.543. The van der Waals surface area contributed by atoms with Gasteiger partial charge >= 0.3 is 0 Å². The van der Waals surface area contributed by atoms with E-state index in [1.807, 2.05) is 0 Å². The number of rotatable bonds is 4. The second-order valence-corrected chi connectivity index (χ2v) is 3.02. The molecule has 0 bridgehead atoms. The molecule has 1 rings (SSSR count). The molecule has 0 radical (unpaired) electrons. The van der Waals surface area contributed by atoms with Crippen molar-refractivity contribution in [2.75, 3.05) is 20.9 Å². The van der Waals surface area contributed by atoms with Crippen molar-refractivity contribution in [2.45, 2.75) is 0 Å². The quantitative estimate of drug-likeness (QED) is 0.730. The van der Waals surface area contributed by atoms with Gasteiger partial charge < -0.3 is 15.2 Å². The van der Waals surface area contributed by atoms with Crippen LogP contribution in [0.2, 0.25) is 0 Å². The maximum absolute atomic E-state index is 11.6. The van der Waals surface area contributed by atoms with Gasteiger partial charge in [0.2, 0.25) is 0 Å². The van der Waals surface area contributed by atoms with Gasteiger partial charge in [-0.15, -0.1) is 0 Å². The van der Waals surface area contributed by atoms with Crippen molar-refractivity contribution >= 4 is 11.6 Å². The Balaban J connectivity index is 3.11. The van der Waals surface area contributed by atoms with Crippen LogP contribution in [0.15, 0.2) is 29.3 Å². The van der Waals surface area contributed by atoms with Gasteiger partial charge in [0.1, 0.15) is 18.2 Å². The number of ether oxygens (including phenoxy) is 1. The summed E-state index contributed by atoms with van der Waals surface area (Å²) >= 11 is 0. The topological polar surface area (TPSA) is 70.9 Å². The number of nitrogens with one attached hydrogen (secondary N) is 1. The first-order valence-corrected chi connectivity index (χ1v) is 4.74. The highest BCUT2D eigenvalue weighted by molar-refractivity contribution is 6.45. The average Bonchev–Trinajstić information content (AvgIpc) is 2.31. The van der Waals surface area contributed by atoms with Crippen molar-refractivity contribution in [1.82, 2.24) is 5.32 Å². The molecule has 0 unspecified atom stereocenters. The van der Waals surface area contributed by atoms with Crippen LogP contribution in [-0.4, -0.2) is 37.6 Å². The second kappa shape index (κ2) is 5.87. The number of phenolic OH excluding ortho intramolecular Hbond substituents is 1. The van der Waals surface area contributed by atoms with Crippen LogP contribution in [0.25, 0.3) is 0 Å². The van der Waals surface area contributed by atoms with E-state index in [0.717, 1.165) is 0 Å². The summed E-state index contributed by atoms with van der Waals surface area (Å²) in [6, 6.07) is 6.52. The van der Waals surface area contributed by atoms with Crippen LogP contribution in [0.1, 0.15) is 5.56 Å². The zero-order valence-corrected chi connectivity index (χ0v) is 9.23. The number of carbonyl (C=O) groups excluding carboxylic acids is 1. The molecule has 1 amide bonds. The van der Waals surface area contributed by atoms with E-state index in [0.29, 0.717) is 5.56 Å². The second-order valence-electron chi connectivity index (χ2n) is 3.02. The van der Waals surface area contributed by atoms with Gasteiger partial charge in [-0.1, -0.05) is 12.1 Å². The van der Waals surface area contributed by atoms with Gasteiger partial charge in [0.25, 0.3) is 5.91 Å². The molecule has 0 aliphatic rings. The molecule has 86 valence electrons. The first-order chi connectivity index (χ1) is 7.70. The lowest BCUT2D eigenvalue weighted by molar-refractivity contribution is -0.114. The fourth-order valence-corrected chi connectivity index (χ4v) is 1.20. The smallest absolute Gasteiger partial charge is 0.270 e. The van der Waals surface area contributed by atoms with E-state index in [-0.39, 0.29) is 24.1 Å².